The maximum Gasteiger partial charge on any atom is 0.387 e. The largest absolute Gasteiger partial charge is 0.431 e. The van der Waals surface area contributed by atoms with E-state index in [-0.39, 0.29) is 18.2 Å². The van der Waals surface area contributed by atoms with Gasteiger partial charge in [-0.15, -0.1) is 0 Å². The summed E-state index contributed by atoms with van der Waals surface area (Å²) in [5, 5.41) is 0. The fourth-order valence-corrected chi connectivity index (χ4v) is 4.64. The lowest BCUT2D eigenvalue weighted by atomic mass is 10.2. The molecule has 9 heteroatoms. The van der Waals surface area contributed by atoms with Crippen LogP contribution in [0, 0.1) is 17.8 Å². The van der Waals surface area contributed by atoms with E-state index >= 15 is 0 Å². The molecule has 3 heterocycles. The summed E-state index contributed by atoms with van der Waals surface area (Å²) in [4.78, 5) is 11.0. The Balaban J connectivity index is 1.41. The molecular weight excluding hydrogens is 383 g/mol. The molecule has 0 radical (unpaired) electrons. The maximum absolute atomic E-state index is 12.6. The van der Waals surface area contributed by atoms with Gasteiger partial charge in [0.2, 0.25) is 0 Å². The Bertz CT molecular complexity index is 888. The van der Waals surface area contributed by atoms with E-state index in [1.807, 2.05) is 6.20 Å². The second kappa shape index (κ2) is 7.19. The number of nitrogen functional groups attached to an aromatic ring is 1. The van der Waals surface area contributed by atoms with E-state index < -0.39 is 6.61 Å². The highest BCUT2D eigenvalue weighted by Gasteiger charge is 2.57. The summed E-state index contributed by atoms with van der Waals surface area (Å²) in [5.41, 5.74) is 6.96. The number of nitrogens with zero attached hydrogens (tertiary/aromatic N) is 4. The number of nitrogens with two attached hydrogens (primary N) is 1. The number of rotatable bonds is 8. The van der Waals surface area contributed by atoms with E-state index in [4.69, 9.17) is 10.7 Å². The lowest BCUT2D eigenvalue weighted by Crippen LogP contribution is -2.27. The molecule has 2 atom stereocenters. The first kappa shape index (κ1) is 18.7. The van der Waals surface area contributed by atoms with Crippen LogP contribution in [0.1, 0.15) is 24.7 Å². The molecule has 2 saturated carbocycles. The van der Waals surface area contributed by atoms with Crippen LogP contribution >= 0.6 is 0 Å². The van der Waals surface area contributed by atoms with Crippen LogP contribution < -0.4 is 10.5 Å². The molecule has 29 heavy (non-hydrogen) atoms. The van der Waals surface area contributed by atoms with E-state index in [1.165, 1.54) is 25.1 Å². The third-order valence-electron chi connectivity index (χ3n) is 6.32. The Hall–Kier alpha value is -2.29. The smallest absolute Gasteiger partial charge is 0.387 e. The number of aromatic nitrogens is 3. The summed E-state index contributed by atoms with van der Waals surface area (Å²) in [6, 6.07) is 1.86. The van der Waals surface area contributed by atoms with Crippen molar-refractivity contribution < 1.29 is 17.9 Å². The first-order valence-electron chi connectivity index (χ1n) is 10.1. The molecular formula is C20H24F3N5O. The molecule has 0 bridgehead atoms. The average Bonchev–Trinajstić information content (AvgIpc) is 3.52. The minimum Gasteiger partial charge on any atom is -0.431 e. The van der Waals surface area contributed by atoms with Gasteiger partial charge in [-0.05, 0) is 36.7 Å². The summed E-state index contributed by atoms with van der Waals surface area (Å²) in [6.07, 6.45) is 6.91. The number of piperidine rings is 1. The number of pyridine rings is 1. The van der Waals surface area contributed by atoms with Crippen molar-refractivity contribution in [1.29, 1.82) is 0 Å². The lowest BCUT2D eigenvalue weighted by molar-refractivity contribution is -0.0494. The number of hydrogen-bond acceptors (Lipinski definition) is 5. The van der Waals surface area contributed by atoms with Crippen molar-refractivity contribution in [3.05, 3.63) is 24.3 Å². The minimum absolute atomic E-state index is 0.0728. The second-order valence-corrected chi connectivity index (χ2v) is 8.35. The standard InChI is InChI=1S/C20H24F3N5O/c21-3-4-27-8-13-14(9-27)18(13)28-10-15(26-17(28)5-11-1-2-11)12-6-16(29-20(22)23)19(24)25-7-12/h6-7,10-11,13-14,18,20H,1-5,8-9H2,(H2,24,25). The van der Waals surface area contributed by atoms with E-state index in [2.05, 4.69) is 19.2 Å². The number of ether oxygens (including phenoxy) is 1. The summed E-state index contributed by atoms with van der Waals surface area (Å²) in [6.45, 7) is -0.917. The van der Waals surface area contributed by atoms with Gasteiger partial charge in [0.25, 0.3) is 0 Å². The zero-order valence-electron chi connectivity index (χ0n) is 16.0. The van der Waals surface area contributed by atoms with Crippen molar-refractivity contribution in [2.45, 2.75) is 31.9 Å². The molecule has 1 saturated heterocycles. The van der Waals surface area contributed by atoms with Crippen LogP contribution in [-0.2, 0) is 6.42 Å². The van der Waals surface area contributed by atoms with Crippen molar-refractivity contribution in [3.63, 3.8) is 0 Å². The van der Waals surface area contributed by atoms with Crippen molar-refractivity contribution >= 4 is 5.82 Å². The van der Waals surface area contributed by atoms with Gasteiger partial charge in [0.15, 0.2) is 11.6 Å². The number of anilines is 1. The topological polar surface area (TPSA) is 69.2 Å². The normalized spacial score (nSPS) is 26.1. The van der Waals surface area contributed by atoms with Gasteiger partial charge in [-0.2, -0.15) is 8.78 Å². The van der Waals surface area contributed by atoms with Crippen LogP contribution in [0.5, 0.6) is 5.75 Å². The second-order valence-electron chi connectivity index (χ2n) is 8.35. The Morgan fingerprint density at radius 1 is 1.24 bits per heavy atom. The SMILES string of the molecule is Nc1ncc(-c2cn(C3C4CN(CCF)CC43)c(CC3CC3)n2)cc1OC(F)F. The zero-order valence-corrected chi connectivity index (χ0v) is 16.0. The Labute approximate surface area is 166 Å². The van der Waals surface area contributed by atoms with Gasteiger partial charge in [0.1, 0.15) is 12.5 Å². The number of fused-ring (bicyclic) bond motifs is 1. The van der Waals surface area contributed by atoms with Crippen LogP contribution in [0.2, 0.25) is 0 Å². The summed E-state index contributed by atoms with van der Waals surface area (Å²) in [7, 11) is 0. The molecule has 1 aliphatic heterocycles. The fourth-order valence-electron chi connectivity index (χ4n) is 4.64. The van der Waals surface area contributed by atoms with Gasteiger partial charge in [-0.3, -0.25) is 0 Å². The van der Waals surface area contributed by atoms with Crippen LogP contribution in [0.25, 0.3) is 11.3 Å². The molecule has 156 valence electrons. The predicted octanol–water partition coefficient (Wildman–Crippen LogP) is 3.15. The molecule has 0 amide bonds. The molecule has 2 aliphatic carbocycles. The Morgan fingerprint density at radius 3 is 2.66 bits per heavy atom. The maximum atomic E-state index is 12.6. The van der Waals surface area contributed by atoms with Gasteiger partial charge in [-0.25, -0.2) is 14.4 Å². The van der Waals surface area contributed by atoms with Crippen molar-refractivity contribution in [2.24, 2.45) is 17.8 Å². The number of imidazole rings is 1. The highest BCUT2D eigenvalue weighted by Crippen LogP contribution is 2.56. The third-order valence-corrected chi connectivity index (χ3v) is 6.32. The lowest BCUT2D eigenvalue weighted by Gasteiger charge is -2.18. The highest BCUT2D eigenvalue weighted by atomic mass is 19.3. The average molecular weight is 407 g/mol. The quantitative estimate of drug-likeness (QED) is 0.728. The molecule has 3 aliphatic rings. The summed E-state index contributed by atoms with van der Waals surface area (Å²) in [5.74, 6) is 2.56. The minimum atomic E-state index is -2.96. The van der Waals surface area contributed by atoms with Crippen LogP contribution in [-0.4, -0.2) is 52.4 Å². The van der Waals surface area contributed by atoms with E-state index in [0.717, 1.165) is 25.3 Å². The fraction of sp³-hybridized carbons (Fsp3) is 0.600. The van der Waals surface area contributed by atoms with E-state index in [9.17, 15) is 13.2 Å². The van der Waals surface area contributed by atoms with Crippen LogP contribution in [0.15, 0.2) is 18.5 Å². The van der Waals surface area contributed by atoms with Crippen LogP contribution in [0.3, 0.4) is 0 Å². The van der Waals surface area contributed by atoms with Crippen molar-refractivity contribution in [1.82, 2.24) is 19.4 Å². The molecule has 2 N–H and O–H groups in total. The number of likely N-dealkylation sites (tertiary alicyclic amines) is 1. The Kier molecular flexibility index (Phi) is 4.64. The predicted molar refractivity (Wildman–Crippen MR) is 101 cm³/mol. The molecule has 2 unspecified atom stereocenters. The molecule has 6 nitrogen and oxygen atoms in total. The van der Waals surface area contributed by atoms with Gasteiger partial charge < -0.3 is 19.9 Å². The number of hydrogen-bond donors (Lipinski definition) is 1. The first-order valence-corrected chi connectivity index (χ1v) is 10.1. The number of alkyl halides is 3. The molecule has 0 aromatic carbocycles. The third kappa shape index (κ3) is 3.68. The summed E-state index contributed by atoms with van der Waals surface area (Å²) >= 11 is 0. The molecule has 2 aromatic rings. The monoisotopic (exact) mass is 407 g/mol. The van der Waals surface area contributed by atoms with Crippen LogP contribution in [0.4, 0.5) is 19.0 Å². The first-order chi connectivity index (χ1) is 14.0. The molecule has 5 rings (SSSR count). The highest BCUT2D eigenvalue weighted by molar-refractivity contribution is 5.63. The summed E-state index contributed by atoms with van der Waals surface area (Å²) < 4.78 is 44.6. The van der Waals surface area contributed by atoms with E-state index in [1.54, 1.807) is 0 Å². The van der Waals surface area contributed by atoms with Gasteiger partial charge in [0, 0.05) is 50.1 Å². The van der Waals surface area contributed by atoms with Crippen molar-refractivity contribution in [3.8, 4) is 17.0 Å². The zero-order chi connectivity index (χ0) is 20.1. The van der Waals surface area contributed by atoms with Gasteiger partial charge in [-0.1, -0.05) is 0 Å². The molecule has 0 spiro atoms. The van der Waals surface area contributed by atoms with Gasteiger partial charge in [0.05, 0.1) is 5.69 Å². The van der Waals surface area contributed by atoms with Gasteiger partial charge >= 0.3 is 6.61 Å². The number of halogens is 3. The molecule has 2 aromatic heterocycles. The Morgan fingerprint density at radius 2 is 2.00 bits per heavy atom. The van der Waals surface area contributed by atoms with E-state index in [0.29, 0.717) is 41.6 Å². The molecule has 3 fully saturated rings. The van der Waals surface area contributed by atoms with Crippen molar-refractivity contribution in [2.75, 3.05) is 32.0 Å².